The molecule has 178 valence electrons. The molecule has 1 saturated heterocycles. The number of amides is 1. The van der Waals surface area contributed by atoms with Crippen LogP contribution in [0.2, 0.25) is 0 Å². The molecule has 0 radical (unpaired) electrons. The van der Waals surface area contributed by atoms with Crippen LogP contribution in [0, 0.1) is 11.3 Å². The Morgan fingerprint density at radius 1 is 1.21 bits per heavy atom. The minimum absolute atomic E-state index is 0.0810. The molecule has 4 rings (SSSR count). The van der Waals surface area contributed by atoms with Crippen molar-refractivity contribution in [3.8, 4) is 11.9 Å². The summed E-state index contributed by atoms with van der Waals surface area (Å²) >= 11 is 0. The highest BCUT2D eigenvalue weighted by Crippen LogP contribution is 2.24. The van der Waals surface area contributed by atoms with E-state index < -0.39 is 10.0 Å². The summed E-state index contributed by atoms with van der Waals surface area (Å²) in [6, 6.07) is 7.50. The number of aromatic nitrogens is 3. The fraction of sp³-hybridized carbons (Fsp3) is 0.391. The molecule has 11 heteroatoms. The van der Waals surface area contributed by atoms with Crippen LogP contribution >= 0.6 is 0 Å². The Morgan fingerprint density at radius 2 is 1.94 bits per heavy atom. The minimum Gasteiger partial charge on any atom is -0.382 e. The van der Waals surface area contributed by atoms with Crippen LogP contribution in [0.1, 0.15) is 42.6 Å². The summed E-state index contributed by atoms with van der Waals surface area (Å²) < 4.78 is 26.7. The molecule has 2 N–H and O–H groups in total. The number of rotatable bonds is 6. The normalized spacial score (nSPS) is 15.4. The van der Waals surface area contributed by atoms with Gasteiger partial charge in [0.1, 0.15) is 17.5 Å². The van der Waals surface area contributed by atoms with Crippen LogP contribution in [0.5, 0.6) is 0 Å². The van der Waals surface area contributed by atoms with E-state index in [9.17, 15) is 13.2 Å². The van der Waals surface area contributed by atoms with Crippen molar-refractivity contribution in [1.82, 2.24) is 24.2 Å². The van der Waals surface area contributed by atoms with E-state index in [1.54, 1.807) is 12.1 Å². The first kappa shape index (κ1) is 23.7. The quantitative estimate of drug-likeness (QED) is 0.552. The number of nitrogens with one attached hydrogen (secondary N) is 2. The molecule has 3 aromatic rings. The summed E-state index contributed by atoms with van der Waals surface area (Å²) in [6.07, 6.45) is 7.20. The first-order chi connectivity index (χ1) is 16.2. The SMILES string of the molecule is CC(C)Nc1cc(-n2ccc3cc(C#N)cnc32)ncc1C(=O)NC1CCN(S(C)(=O)=O)CC1. The molecule has 3 aromatic heterocycles. The largest absolute Gasteiger partial charge is 0.382 e. The fourth-order valence-electron chi connectivity index (χ4n) is 4.05. The summed E-state index contributed by atoms with van der Waals surface area (Å²) in [6.45, 7) is 4.75. The molecule has 1 amide bonds. The fourth-order valence-corrected chi connectivity index (χ4v) is 4.93. The zero-order valence-electron chi connectivity index (χ0n) is 19.3. The van der Waals surface area contributed by atoms with Crippen molar-refractivity contribution in [2.45, 2.75) is 38.8 Å². The van der Waals surface area contributed by atoms with E-state index >= 15 is 0 Å². The molecular weight excluding hydrogens is 454 g/mol. The second-order valence-corrected chi connectivity index (χ2v) is 10.7. The lowest BCUT2D eigenvalue weighted by Crippen LogP contribution is -2.46. The van der Waals surface area contributed by atoms with Gasteiger partial charge in [-0.05, 0) is 38.8 Å². The Hall–Kier alpha value is -3.49. The van der Waals surface area contributed by atoms with Crippen LogP contribution in [-0.4, -0.2) is 64.6 Å². The van der Waals surface area contributed by atoms with Crippen molar-refractivity contribution in [1.29, 1.82) is 5.26 Å². The molecule has 1 aliphatic heterocycles. The Balaban J connectivity index is 1.58. The maximum absolute atomic E-state index is 13.1. The molecule has 1 aliphatic rings. The van der Waals surface area contributed by atoms with Gasteiger partial charge < -0.3 is 10.6 Å². The van der Waals surface area contributed by atoms with Gasteiger partial charge in [0.25, 0.3) is 5.91 Å². The number of hydrogen-bond donors (Lipinski definition) is 2. The highest BCUT2D eigenvalue weighted by molar-refractivity contribution is 7.88. The molecule has 0 atom stereocenters. The predicted molar refractivity (Wildman–Crippen MR) is 129 cm³/mol. The maximum atomic E-state index is 13.1. The average molecular weight is 482 g/mol. The number of nitrogens with zero attached hydrogens (tertiary/aromatic N) is 5. The van der Waals surface area contributed by atoms with Crippen LogP contribution in [0.4, 0.5) is 5.69 Å². The number of pyridine rings is 2. The van der Waals surface area contributed by atoms with Crippen LogP contribution in [0.25, 0.3) is 16.9 Å². The Labute approximate surface area is 198 Å². The van der Waals surface area contributed by atoms with Gasteiger partial charge in [-0.2, -0.15) is 5.26 Å². The molecular formula is C23H27N7O3S. The number of hydrogen-bond acceptors (Lipinski definition) is 7. The summed E-state index contributed by atoms with van der Waals surface area (Å²) in [5.41, 5.74) is 2.20. The number of nitriles is 1. The van der Waals surface area contributed by atoms with Gasteiger partial charge in [0, 0.05) is 55.2 Å². The molecule has 34 heavy (non-hydrogen) atoms. The van der Waals surface area contributed by atoms with E-state index in [0.29, 0.717) is 54.2 Å². The summed E-state index contributed by atoms with van der Waals surface area (Å²) in [4.78, 5) is 22.0. The number of carbonyl (C=O) groups is 1. The van der Waals surface area contributed by atoms with Gasteiger partial charge in [0.15, 0.2) is 0 Å². The van der Waals surface area contributed by atoms with E-state index in [0.717, 1.165) is 5.39 Å². The number of carbonyl (C=O) groups excluding carboxylic acids is 1. The van der Waals surface area contributed by atoms with Crippen molar-refractivity contribution in [3.63, 3.8) is 0 Å². The van der Waals surface area contributed by atoms with Gasteiger partial charge in [-0.3, -0.25) is 9.36 Å². The van der Waals surface area contributed by atoms with Crippen LogP contribution in [0.3, 0.4) is 0 Å². The van der Waals surface area contributed by atoms with Crippen molar-refractivity contribution in [3.05, 3.63) is 47.9 Å². The molecule has 1 fully saturated rings. The van der Waals surface area contributed by atoms with Crippen molar-refractivity contribution in [2.75, 3.05) is 24.7 Å². The lowest BCUT2D eigenvalue weighted by Gasteiger charge is -2.30. The van der Waals surface area contributed by atoms with E-state index in [1.807, 2.05) is 30.7 Å². The molecule has 0 bridgehead atoms. The predicted octanol–water partition coefficient (Wildman–Crippen LogP) is 2.27. The van der Waals surface area contributed by atoms with E-state index in [2.05, 4.69) is 26.7 Å². The molecule has 0 spiro atoms. The third-order valence-corrected chi connectivity index (χ3v) is 7.04. The molecule has 0 aromatic carbocycles. The van der Waals surface area contributed by atoms with Crippen molar-refractivity contribution in [2.24, 2.45) is 0 Å². The summed E-state index contributed by atoms with van der Waals surface area (Å²) in [7, 11) is -3.22. The summed E-state index contributed by atoms with van der Waals surface area (Å²) in [5, 5.41) is 16.3. The van der Waals surface area contributed by atoms with Gasteiger partial charge in [0.2, 0.25) is 10.0 Å². The number of piperidine rings is 1. The topological polar surface area (TPSA) is 133 Å². The van der Waals surface area contributed by atoms with Gasteiger partial charge >= 0.3 is 0 Å². The van der Waals surface area contributed by atoms with Gasteiger partial charge in [-0.25, -0.2) is 22.7 Å². The zero-order chi connectivity index (χ0) is 24.5. The van der Waals surface area contributed by atoms with Crippen molar-refractivity contribution < 1.29 is 13.2 Å². The lowest BCUT2D eigenvalue weighted by molar-refractivity contribution is 0.0924. The second-order valence-electron chi connectivity index (χ2n) is 8.73. The van der Waals surface area contributed by atoms with Crippen LogP contribution in [0.15, 0.2) is 36.8 Å². The molecule has 0 saturated carbocycles. The average Bonchev–Trinajstić information content (AvgIpc) is 3.21. The number of sulfonamides is 1. The summed E-state index contributed by atoms with van der Waals surface area (Å²) in [5.74, 6) is 0.336. The first-order valence-electron chi connectivity index (χ1n) is 11.1. The van der Waals surface area contributed by atoms with E-state index in [1.165, 1.54) is 23.0 Å². The van der Waals surface area contributed by atoms with Gasteiger partial charge in [0.05, 0.1) is 23.1 Å². The highest BCUT2D eigenvalue weighted by atomic mass is 32.2. The van der Waals surface area contributed by atoms with E-state index in [-0.39, 0.29) is 18.0 Å². The van der Waals surface area contributed by atoms with Gasteiger partial charge in [-0.15, -0.1) is 0 Å². The molecule has 0 unspecified atom stereocenters. The number of fused-ring (bicyclic) bond motifs is 1. The zero-order valence-corrected chi connectivity index (χ0v) is 20.1. The van der Waals surface area contributed by atoms with Crippen LogP contribution in [-0.2, 0) is 10.0 Å². The van der Waals surface area contributed by atoms with Crippen LogP contribution < -0.4 is 10.6 Å². The molecule has 10 nitrogen and oxygen atoms in total. The standard InChI is InChI=1S/C23H27N7O3S/c1-15(2)27-20-11-21(30-9-4-17-10-16(12-24)13-26-22(17)30)25-14-19(20)23(31)28-18-5-7-29(8-6-18)34(3,32)33/h4,9-11,13-15,18H,5-8H2,1-3H3,(H,25,27)(H,28,31). The second kappa shape index (κ2) is 9.40. The van der Waals surface area contributed by atoms with Gasteiger partial charge in [-0.1, -0.05) is 0 Å². The first-order valence-corrected chi connectivity index (χ1v) is 12.9. The highest BCUT2D eigenvalue weighted by Gasteiger charge is 2.27. The lowest BCUT2D eigenvalue weighted by atomic mass is 10.1. The smallest absolute Gasteiger partial charge is 0.255 e. The third kappa shape index (κ3) is 5.03. The maximum Gasteiger partial charge on any atom is 0.255 e. The Bertz CT molecular complexity index is 1370. The molecule has 4 heterocycles. The molecule has 0 aliphatic carbocycles. The monoisotopic (exact) mass is 481 g/mol. The Kier molecular flexibility index (Phi) is 6.54. The van der Waals surface area contributed by atoms with E-state index in [4.69, 9.17) is 5.26 Å². The third-order valence-electron chi connectivity index (χ3n) is 5.74. The Morgan fingerprint density at radius 3 is 2.59 bits per heavy atom. The number of anilines is 1. The van der Waals surface area contributed by atoms with Crippen molar-refractivity contribution >= 4 is 32.7 Å². The minimum atomic E-state index is -3.22.